The van der Waals surface area contributed by atoms with E-state index in [1.165, 1.54) is 0 Å². The first-order valence-corrected chi connectivity index (χ1v) is 7.84. The van der Waals surface area contributed by atoms with Gasteiger partial charge in [0.1, 0.15) is 11.9 Å². The molecule has 3 aliphatic rings. The maximum atomic E-state index is 12.3. The van der Waals surface area contributed by atoms with Crippen LogP contribution in [0.2, 0.25) is 0 Å². The molecule has 3 fully saturated rings. The zero-order valence-corrected chi connectivity index (χ0v) is 12.9. The van der Waals surface area contributed by atoms with Gasteiger partial charge >= 0.3 is 5.97 Å². The highest BCUT2D eigenvalue weighted by molar-refractivity contribution is 9.10. The molecule has 1 saturated heterocycles. The van der Waals surface area contributed by atoms with E-state index in [0.29, 0.717) is 5.57 Å². The van der Waals surface area contributed by atoms with E-state index in [2.05, 4.69) is 29.4 Å². The molecule has 0 unspecified atom stereocenters. The Balaban J connectivity index is 1.99. The molecular weight excluding hydrogens is 308 g/mol. The normalized spacial score (nSPS) is 49.6. The molecule has 0 aromatic heterocycles. The summed E-state index contributed by atoms with van der Waals surface area (Å²) in [5, 5.41) is 0. The number of carbonyl (C=O) groups excluding carboxylic acids is 2. The highest BCUT2D eigenvalue weighted by Gasteiger charge is 2.59. The summed E-state index contributed by atoms with van der Waals surface area (Å²) >= 11 is 3.51. The fourth-order valence-electron chi connectivity index (χ4n) is 4.44. The average Bonchev–Trinajstić information content (AvgIpc) is 2.61. The molecule has 0 aromatic carbocycles. The van der Waals surface area contributed by atoms with Crippen LogP contribution in [0.15, 0.2) is 12.2 Å². The van der Waals surface area contributed by atoms with Crippen LogP contribution < -0.4 is 0 Å². The minimum atomic E-state index is -0.264. The van der Waals surface area contributed by atoms with Crippen LogP contribution in [0, 0.1) is 23.2 Å². The number of halogens is 1. The molecule has 1 aliphatic heterocycles. The van der Waals surface area contributed by atoms with E-state index in [9.17, 15) is 9.59 Å². The fourth-order valence-corrected chi connectivity index (χ4v) is 5.60. The van der Waals surface area contributed by atoms with Crippen molar-refractivity contribution in [2.75, 3.05) is 0 Å². The summed E-state index contributed by atoms with van der Waals surface area (Å²) in [6.45, 7) is 8.09. The Morgan fingerprint density at radius 1 is 1.42 bits per heavy atom. The lowest BCUT2D eigenvalue weighted by atomic mass is 9.53. The predicted molar refractivity (Wildman–Crippen MR) is 74.8 cm³/mol. The van der Waals surface area contributed by atoms with Crippen molar-refractivity contribution in [2.24, 2.45) is 23.2 Å². The number of hydrogen-bond acceptors (Lipinski definition) is 3. The van der Waals surface area contributed by atoms with Gasteiger partial charge in [-0.1, -0.05) is 36.4 Å². The molecule has 6 atom stereocenters. The molecule has 0 amide bonds. The number of carbonyl (C=O) groups is 2. The Morgan fingerprint density at radius 3 is 2.79 bits per heavy atom. The number of alkyl halides is 1. The van der Waals surface area contributed by atoms with E-state index < -0.39 is 0 Å². The summed E-state index contributed by atoms with van der Waals surface area (Å²) in [5.74, 6) is 0.176. The Kier molecular flexibility index (Phi) is 2.93. The minimum Gasteiger partial charge on any atom is -0.458 e. The molecule has 0 radical (unpaired) electrons. The standard InChI is InChI=1S/C15H19BrO3/c1-7-9-4-5-15(3)6-10(16)12(17)8(2)11(15)13(9)19-14(7)18/h8-11,13H,1,4-6H2,2-3H3/t8-,9-,10+,11+,13-,15-/m0/s1. The summed E-state index contributed by atoms with van der Waals surface area (Å²) in [7, 11) is 0. The second-order valence-electron chi connectivity index (χ2n) is 6.58. The SMILES string of the molecule is C=C1C(=O)O[C@@H]2[C@H]3[C@H](C)C(=O)[C@H](Br)C[C@]3(C)CC[C@@H]12. The van der Waals surface area contributed by atoms with Gasteiger partial charge in [0.05, 0.1) is 4.83 Å². The third-order valence-electron chi connectivity index (χ3n) is 5.48. The predicted octanol–water partition coefficient (Wildman–Crippen LogP) is 2.87. The Bertz CT molecular complexity index is 472. The molecule has 2 saturated carbocycles. The van der Waals surface area contributed by atoms with Crippen LogP contribution in [0.1, 0.15) is 33.1 Å². The maximum absolute atomic E-state index is 12.3. The van der Waals surface area contributed by atoms with Gasteiger partial charge in [-0.2, -0.15) is 0 Å². The van der Waals surface area contributed by atoms with E-state index in [4.69, 9.17) is 4.74 Å². The Labute approximate surface area is 121 Å². The Hall–Kier alpha value is -0.640. The van der Waals surface area contributed by atoms with Crippen molar-refractivity contribution >= 4 is 27.7 Å². The zero-order chi connectivity index (χ0) is 13.9. The minimum absolute atomic E-state index is 0.0550. The summed E-state index contributed by atoms with van der Waals surface area (Å²) in [6.07, 6.45) is 2.68. The molecule has 0 N–H and O–H groups in total. The number of Topliss-reactive ketones (excluding diaryl/α,β-unsaturated/α-hetero) is 1. The van der Waals surface area contributed by atoms with Crippen LogP contribution in [0.5, 0.6) is 0 Å². The van der Waals surface area contributed by atoms with Gasteiger partial charge in [0.2, 0.25) is 0 Å². The quantitative estimate of drug-likeness (QED) is 0.390. The zero-order valence-electron chi connectivity index (χ0n) is 11.3. The number of hydrogen-bond donors (Lipinski definition) is 0. The molecule has 1 heterocycles. The first-order valence-electron chi connectivity index (χ1n) is 6.93. The van der Waals surface area contributed by atoms with Gasteiger partial charge in [-0.05, 0) is 24.7 Å². The smallest absolute Gasteiger partial charge is 0.334 e. The molecule has 0 bridgehead atoms. The first-order chi connectivity index (χ1) is 8.85. The monoisotopic (exact) mass is 326 g/mol. The van der Waals surface area contributed by atoms with Gasteiger partial charge in [-0.3, -0.25) is 4.79 Å². The van der Waals surface area contributed by atoms with Gasteiger partial charge in [0.15, 0.2) is 0 Å². The summed E-state index contributed by atoms with van der Waals surface area (Å²) in [5.41, 5.74) is 0.681. The average molecular weight is 327 g/mol. The lowest BCUT2D eigenvalue weighted by Gasteiger charge is -2.52. The second-order valence-corrected chi connectivity index (χ2v) is 7.69. The number of rotatable bonds is 0. The van der Waals surface area contributed by atoms with Crippen LogP contribution in [0.25, 0.3) is 0 Å². The summed E-state index contributed by atoms with van der Waals surface area (Å²) < 4.78 is 5.56. The third-order valence-corrected chi connectivity index (χ3v) is 6.25. The van der Waals surface area contributed by atoms with Crippen LogP contribution in [-0.4, -0.2) is 22.7 Å². The van der Waals surface area contributed by atoms with Crippen molar-refractivity contribution in [3.8, 4) is 0 Å². The van der Waals surface area contributed by atoms with Crippen LogP contribution >= 0.6 is 15.9 Å². The van der Waals surface area contributed by atoms with Gasteiger partial charge < -0.3 is 4.74 Å². The van der Waals surface area contributed by atoms with Gasteiger partial charge in [-0.25, -0.2) is 4.79 Å². The molecule has 4 heteroatoms. The highest BCUT2D eigenvalue weighted by atomic mass is 79.9. The molecule has 104 valence electrons. The first kappa shape index (κ1) is 13.3. The topological polar surface area (TPSA) is 43.4 Å². The van der Waals surface area contributed by atoms with E-state index in [1.54, 1.807) is 0 Å². The number of fused-ring (bicyclic) bond motifs is 3. The summed E-state index contributed by atoms with van der Waals surface area (Å²) in [4.78, 5) is 24.0. The van der Waals surface area contributed by atoms with Crippen molar-refractivity contribution in [2.45, 2.75) is 44.0 Å². The maximum Gasteiger partial charge on any atom is 0.334 e. The lowest BCUT2D eigenvalue weighted by molar-refractivity contribution is -0.156. The van der Waals surface area contributed by atoms with Crippen molar-refractivity contribution in [1.29, 1.82) is 0 Å². The third kappa shape index (κ3) is 1.75. The molecule has 0 spiro atoms. The number of ketones is 1. The van der Waals surface area contributed by atoms with Crippen LogP contribution in [0.3, 0.4) is 0 Å². The van der Waals surface area contributed by atoms with Gasteiger partial charge in [-0.15, -0.1) is 0 Å². The summed E-state index contributed by atoms with van der Waals surface area (Å²) in [6, 6.07) is 0. The van der Waals surface area contributed by atoms with E-state index in [-0.39, 0.29) is 45.9 Å². The van der Waals surface area contributed by atoms with Crippen molar-refractivity contribution in [3.05, 3.63) is 12.2 Å². The van der Waals surface area contributed by atoms with E-state index >= 15 is 0 Å². The van der Waals surface area contributed by atoms with Crippen molar-refractivity contribution in [1.82, 2.24) is 0 Å². The molecular formula is C15H19BrO3. The second kappa shape index (κ2) is 4.18. The molecule has 2 aliphatic carbocycles. The van der Waals surface area contributed by atoms with Gasteiger partial charge in [0.25, 0.3) is 0 Å². The molecule has 0 aromatic rings. The molecule has 19 heavy (non-hydrogen) atoms. The number of esters is 1. The van der Waals surface area contributed by atoms with Gasteiger partial charge in [0, 0.05) is 23.3 Å². The Morgan fingerprint density at radius 2 is 2.11 bits per heavy atom. The van der Waals surface area contributed by atoms with Crippen LogP contribution in [-0.2, 0) is 14.3 Å². The largest absolute Gasteiger partial charge is 0.458 e. The van der Waals surface area contributed by atoms with Crippen molar-refractivity contribution in [3.63, 3.8) is 0 Å². The molecule has 3 rings (SSSR count). The van der Waals surface area contributed by atoms with Crippen molar-refractivity contribution < 1.29 is 14.3 Å². The van der Waals surface area contributed by atoms with Crippen LogP contribution in [0.4, 0.5) is 0 Å². The van der Waals surface area contributed by atoms with E-state index in [1.807, 2.05) is 6.92 Å². The highest BCUT2D eigenvalue weighted by Crippen LogP contribution is 2.57. The fraction of sp³-hybridized carbons (Fsp3) is 0.733. The number of ether oxygens (including phenoxy) is 1. The molecule has 3 nitrogen and oxygen atoms in total. The van der Waals surface area contributed by atoms with E-state index in [0.717, 1.165) is 19.3 Å². The lowest BCUT2D eigenvalue weighted by Crippen LogP contribution is -2.54.